The van der Waals surface area contributed by atoms with Crippen molar-refractivity contribution in [3.8, 4) is 11.5 Å². The van der Waals surface area contributed by atoms with E-state index in [0.717, 1.165) is 24.6 Å². The third kappa shape index (κ3) is 3.14. The molecule has 136 valence electrons. The van der Waals surface area contributed by atoms with Crippen LogP contribution in [0.1, 0.15) is 36.2 Å². The van der Waals surface area contributed by atoms with Gasteiger partial charge in [-0.25, -0.2) is 0 Å². The highest BCUT2D eigenvalue weighted by atomic mass is 32.2. The van der Waals surface area contributed by atoms with Crippen LogP contribution >= 0.6 is 11.8 Å². The minimum absolute atomic E-state index is 0.133. The van der Waals surface area contributed by atoms with Crippen LogP contribution in [0.4, 0.5) is 4.79 Å². The number of imide groups is 1. The van der Waals surface area contributed by atoms with Crippen molar-refractivity contribution < 1.29 is 23.3 Å². The maximum atomic E-state index is 12.6. The first kappa shape index (κ1) is 16.9. The molecule has 3 amide bonds. The number of rotatable bonds is 4. The molecule has 2 aromatic rings. The molecular formula is C17H17N3O5S. The quantitative estimate of drug-likeness (QED) is 0.875. The molecular weight excluding hydrogens is 358 g/mol. The van der Waals surface area contributed by atoms with Gasteiger partial charge in [-0.1, -0.05) is 29.8 Å². The Balaban J connectivity index is 1.48. The Hall–Kier alpha value is -2.55. The number of hydrogen-bond donors (Lipinski definition) is 1. The van der Waals surface area contributed by atoms with Gasteiger partial charge in [0.1, 0.15) is 0 Å². The number of aromatic nitrogens is 1. The molecule has 2 atom stereocenters. The van der Waals surface area contributed by atoms with E-state index in [9.17, 15) is 14.4 Å². The van der Waals surface area contributed by atoms with Crippen LogP contribution in [0.5, 0.6) is 0 Å². The van der Waals surface area contributed by atoms with E-state index in [2.05, 4.69) is 10.5 Å². The minimum Gasteiger partial charge on any atom is -0.461 e. The molecule has 26 heavy (non-hydrogen) atoms. The molecule has 9 heteroatoms. The second kappa shape index (κ2) is 6.99. The standard InChI is InChI=1S/C17H17N3O5S/c21-15-9-26-17(23)20(15)12-5-2-1-4-10(12)18-16(22)11-8-14(25-19-11)13-6-3-7-24-13/h3,6-8,10,12H,1-2,4-5,9H2,(H,18,22). The fourth-order valence-electron chi connectivity index (χ4n) is 3.43. The van der Waals surface area contributed by atoms with E-state index in [-0.39, 0.29) is 34.7 Å². The van der Waals surface area contributed by atoms with Gasteiger partial charge in [-0.2, -0.15) is 0 Å². The first-order valence-corrected chi connectivity index (χ1v) is 9.42. The number of nitrogens with zero attached hydrogens (tertiary/aromatic N) is 2. The molecule has 1 aliphatic carbocycles. The average molecular weight is 375 g/mol. The fraction of sp³-hybridized carbons (Fsp3) is 0.412. The number of nitrogens with one attached hydrogen (secondary N) is 1. The van der Waals surface area contributed by atoms with Crippen LogP contribution in [0, 0.1) is 0 Å². The Kier molecular flexibility index (Phi) is 4.54. The van der Waals surface area contributed by atoms with Crippen LogP contribution in [0.15, 0.2) is 33.4 Å². The predicted molar refractivity (Wildman–Crippen MR) is 92.4 cm³/mol. The monoisotopic (exact) mass is 375 g/mol. The van der Waals surface area contributed by atoms with Gasteiger partial charge in [0.15, 0.2) is 11.5 Å². The predicted octanol–water partition coefficient (Wildman–Crippen LogP) is 2.67. The van der Waals surface area contributed by atoms with Crippen LogP contribution in [0.3, 0.4) is 0 Å². The molecule has 0 aromatic carbocycles. The highest BCUT2D eigenvalue weighted by Gasteiger charge is 2.41. The molecule has 3 heterocycles. The van der Waals surface area contributed by atoms with Crippen molar-refractivity contribution in [1.29, 1.82) is 0 Å². The Labute approximate surface area is 153 Å². The van der Waals surface area contributed by atoms with E-state index < -0.39 is 5.91 Å². The van der Waals surface area contributed by atoms with E-state index in [1.807, 2.05) is 0 Å². The molecule has 0 radical (unpaired) electrons. The molecule has 0 spiro atoms. The second-order valence-corrected chi connectivity index (χ2v) is 7.23. The number of furan rings is 1. The summed E-state index contributed by atoms with van der Waals surface area (Å²) in [5.74, 6) is 0.438. The van der Waals surface area contributed by atoms with Gasteiger partial charge in [0.2, 0.25) is 11.7 Å². The largest absolute Gasteiger partial charge is 0.461 e. The average Bonchev–Trinajstić information content (AvgIpc) is 3.37. The lowest BCUT2D eigenvalue weighted by atomic mass is 9.89. The molecule has 1 saturated heterocycles. The SMILES string of the molecule is O=C(NC1CCCCC1N1C(=O)CSC1=O)c1cc(-c2ccco2)on1. The van der Waals surface area contributed by atoms with Crippen molar-refractivity contribution in [1.82, 2.24) is 15.4 Å². The highest BCUT2D eigenvalue weighted by molar-refractivity contribution is 8.14. The number of hydrogen-bond acceptors (Lipinski definition) is 7. The highest BCUT2D eigenvalue weighted by Crippen LogP contribution is 2.30. The molecule has 2 fully saturated rings. The lowest BCUT2D eigenvalue weighted by Crippen LogP contribution is -2.54. The van der Waals surface area contributed by atoms with Gasteiger partial charge in [0, 0.05) is 6.07 Å². The summed E-state index contributed by atoms with van der Waals surface area (Å²) in [7, 11) is 0. The molecule has 4 rings (SSSR count). The Morgan fingerprint density at radius 1 is 1.27 bits per heavy atom. The van der Waals surface area contributed by atoms with Gasteiger partial charge in [0.25, 0.3) is 11.1 Å². The van der Waals surface area contributed by atoms with Gasteiger partial charge in [-0.3, -0.25) is 19.3 Å². The molecule has 2 aliphatic rings. The smallest absolute Gasteiger partial charge is 0.289 e. The molecule has 1 aliphatic heterocycles. The molecule has 2 aromatic heterocycles. The first-order chi connectivity index (χ1) is 12.6. The summed E-state index contributed by atoms with van der Waals surface area (Å²) in [4.78, 5) is 38.0. The summed E-state index contributed by atoms with van der Waals surface area (Å²) in [5, 5.41) is 6.47. The molecule has 1 saturated carbocycles. The third-order valence-electron chi connectivity index (χ3n) is 4.67. The zero-order chi connectivity index (χ0) is 18.1. The van der Waals surface area contributed by atoms with Crippen molar-refractivity contribution in [3.05, 3.63) is 30.2 Å². The zero-order valence-electron chi connectivity index (χ0n) is 13.8. The van der Waals surface area contributed by atoms with E-state index in [0.29, 0.717) is 24.4 Å². The minimum atomic E-state index is -0.393. The Morgan fingerprint density at radius 2 is 2.12 bits per heavy atom. The maximum Gasteiger partial charge on any atom is 0.289 e. The lowest BCUT2D eigenvalue weighted by molar-refractivity contribution is -0.127. The van der Waals surface area contributed by atoms with Crippen molar-refractivity contribution in [2.45, 2.75) is 37.8 Å². The number of carbonyl (C=O) groups excluding carboxylic acids is 3. The van der Waals surface area contributed by atoms with Gasteiger partial charge >= 0.3 is 0 Å². The van der Waals surface area contributed by atoms with E-state index in [1.165, 1.54) is 17.2 Å². The van der Waals surface area contributed by atoms with Gasteiger partial charge in [-0.15, -0.1) is 0 Å². The normalized spacial score (nSPS) is 23.5. The number of carbonyl (C=O) groups is 3. The zero-order valence-corrected chi connectivity index (χ0v) is 14.7. The van der Waals surface area contributed by atoms with Crippen LogP contribution < -0.4 is 5.32 Å². The molecule has 1 N–H and O–H groups in total. The summed E-state index contributed by atoms with van der Waals surface area (Å²) < 4.78 is 10.4. The summed E-state index contributed by atoms with van der Waals surface area (Å²) in [5.41, 5.74) is 0.133. The van der Waals surface area contributed by atoms with Crippen LogP contribution in [-0.2, 0) is 4.79 Å². The van der Waals surface area contributed by atoms with Crippen molar-refractivity contribution in [2.75, 3.05) is 5.75 Å². The van der Waals surface area contributed by atoms with E-state index >= 15 is 0 Å². The van der Waals surface area contributed by atoms with Crippen molar-refractivity contribution in [2.24, 2.45) is 0 Å². The number of amides is 3. The summed E-state index contributed by atoms with van der Waals surface area (Å²) in [6.45, 7) is 0. The topological polar surface area (TPSA) is 106 Å². The summed E-state index contributed by atoms with van der Waals surface area (Å²) in [6.07, 6.45) is 4.76. The number of thioether (sulfide) groups is 1. The Bertz CT molecular complexity index is 815. The maximum absolute atomic E-state index is 12.6. The summed E-state index contributed by atoms with van der Waals surface area (Å²) in [6, 6.07) is 4.34. The first-order valence-electron chi connectivity index (χ1n) is 8.44. The third-order valence-corrected chi connectivity index (χ3v) is 5.50. The molecule has 0 bridgehead atoms. The van der Waals surface area contributed by atoms with Crippen LogP contribution in [0.25, 0.3) is 11.5 Å². The van der Waals surface area contributed by atoms with E-state index in [1.54, 1.807) is 12.1 Å². The van der Waals surface area contributed by atoms with Crippen LogP contribution in [0.2, 0.25) is 0 Å². The second-order valence-electron chi connectivity index (χ2n) is 6.30. The van der Waals surface area contributed by atoms with Gasteiger partial charge in [0.05, 0.1) is 24.1 Å². The fourth-order valence-corrected chi connectivity index (χ4v) is 4.20. The van der Waals surface area contributed by atoms with Crippen molar-refractivity contribution in [3.63, 3.8) is 0 Å². The van der Waals surface area contributed by atoms with E-state index in [4.69, 9.17) is 8.94 Å². The Morgan fingerprint density at radius 3 is 2.85 bits per heavy atom. The lowest BCUT2D eigenvalue weighted by Gasteiger charge is -2.36. The van der Waals surface area contributed by atoms with Gasteiger partial charge in [-0.05, 0) is 25.0 Å². The molecule has 2 unspecified atom stereocenters. The van der Waals surface area contributed by atoms with Crippen LogP contribution in [-0.4, -0.2) is 44.9 Å². The van der Waals surface area contributed by atoms with Gasteiger partial charge < -0.3 is 14.3 Å². The van der Waals surface area contributed by atoms with Crippen molar-refractivity contribution >= 4 is 28.8 Å². The summed E-state index contributed by atoms with van der Waals surface area (Å²) >= 11 is 1.01. The molecule has 8 nitrogen and oxygen atoms in total.